The third-order valence-electron chi connectivity index (χ3n) is 6.96. The van der Waals surface area contributed by atoms with Crippen molar-refractivity contribution in [1.82, 2.24) is 0 Å². The minimum Gasteiger partial charge on any atom is -0.870 e. The number of carboxylic acids is 1. The van der Waals surface area contributed by atoms with Gasteiger partial charge in [-0.1, -0.05) is 0 Å². The Morgan fingerprint density at radius 2 is 1.06 bits per heavy atom. The number of carbonyl (C=O) groups excluding carboxylic acids is 1. The number of ether oxygens (including phenoxy) is 1. The molecule has 4 N–H and O–H groups in total. The van der Waals surface area contributed by atoms with Crippen LogP contribution >= 0.6 is 31.9 Å². The third-order valence-corrected chi connectivity index (χ3v) is 9.46. The van der Waals surface area contributed by atoms with Crippen LogP contribution in [0.2, 0.25) is 0 Å². The fourth-order valence-corrected chi connectivity index (χ4v) is 7.20. The SMILES string of the molecule is COC(=O)c1c(-c2ccc(F)cc2)oc2cc(NS(C)(=O)=O)c(Br)cc12.CS(=O)(=O)Nc1cc2oc(-c3ccc(F)cc3)c(C(=O)O)c2cc1Br.[Li+].[OH-]. The van der Waals surface area contributed by atoms with Gasteiger partial charge in [0.15, 0.2) is 0 Å². The first-order valence-electron chi connectivity index (χ1n) is 14.2. The van der Waals surface area contributed by atoms with E-state index in [1.54, 1.807) is 6.07 Å². The molecule has 0 atom stereocenters. The van der Waals surface area contributed by atoms with Crippen LogP contribution in [-0.2, 0) is 24.8 Å². The number of halogens is 4. The summed E-state index contributed by atoms with van der Waals surface area (Å²) in [5.74, 6) is -2.46. The topological polar surface area (TPSA) is 212 Å². The van der Waals surface area contributed by atoms with E-state index in [2.05, 4.69) is 41.3 Å². The Balaban J connectivity index is 0.000000275. The summed E-state index contributed by atoms with van der Waals surface area (Å²) in [5.41, 5.74) is 1.89. The molecule has 0 saturated carbocycles. The minimum absolute atomic E-state index is 0. The molecule has 0 aliphatic rings. The van der Waals surface area contributed by atoms with E-state index in [1.165, 1.54) is 73.8 Å². The average molecular weight is 894 g/mol. The molecule has 274 valence electrons. The van der Waals surface area contributed by atoms with Gasteiger partial charge in [-0.3, -0.25) is 9.44 Å². The van der Waals surface area contributed by atoms with Gasteiger partial charge in [-0.15, -0.1) is 0 Å². The van der Waals surface area contributed by atoms with Crippen LogP contribution in [0.4, 0.5) is 20.2 Å². The van der Waals surface area contributed by atoms with Crippen LogP contribution in [0.5, 0.6) is 0 Å². The summed E-state index contributed by atoms with van der Waals surface area (Å²) >= 11 is 6.50. The Morgan fingerprint density at radius 1 is 0.698 bits per heavy atom. The molecule has 0 spiro atoms. The van der Waals surface area contributed by atoms with Crippen LogP contribution in [-0.4, -0.2) is 59.0 Å². The van der Waals surface area contributed by atoms with Crippen molar-refractivity contribution in [2.24, 2.45) is 0 Å². The Morgan fingerprint density at radius 3 is 1.40 bits per heavy atom. The molecule has 0 saturated heterocycles. The zero-order chi connectivity index (χ0) is 37.4. The molecule has 2 heterocycles. The first-order valence-corrected chi connectivity index (χ1v) is 19.5. The molecule has 53 heavy (non-hydrogen) atoms. The average Bonchev–Trinajstić information content (AvgIpc) is 3.58. The van der Waals surface area contributed by atoms with Crippen molar-refractivity contribution >= 4 is 97.2 Å². The molecular weight excluding hydrogens is 869 g/mol. The number of benzene rings is 4. The summed E-state index contributed by atoms with van der Waals surface area (Å²) in [7, 11) is -5.79. The van der Waals surface area contributed by atoms with Gasteiger partial charge < -0.3 is 24.2 Å². The molecule has 6 aromatic rings. The van der Waals surface area contributed by atoms with E-state index in [-0.39, 0.29) is 74.9 Å². The standard InChI is InChI=1S/C17H13BrFNO5S.C16H11BrFNO5S.Li.H2O/c1-24-17(21)15-11-7-12(18)13(20-26(2,22)23)8-14(11)25-16(15)9-3-5-10(19)6-4-9;1-25(22,23)19-12-7-13-10(6-11(12)17)14(16(20)21)15(24-13)8-2-4-9(18)5-3-8;;/h3-8,20H,1-2H3;2-7,19H,1H3,(H,20,21);;1H2/q;;+1;/p-1. The summed E-state index contributed by atoms with van der Waals surface area (Å²) in [6, 6.07) is 16.5. The Kier molecular flexibility index (Phi) is 13.7. The normalized spacial score (nSPS) is 11.2. The molecular formula is C33H25Br2F2LiN2O11S2. The number of carboxylic acid groups (broad SMARTS) is 1. The smallest absolute Gasteiger partial charge is 0.870 e. The van der Waals surface area contributed by atoms with Crippen molar-refractivity contribution in [3.63, 3.8) is 0 Å². The maximum absolute atomic E-state index is 13.2. The molecule has 0 amide bonds. The van der Waals surface area contributed by atoms with Crippen LogP contribution in [0.3, 0.4) is 0 Å². The minimum atomic E-state index is -3.52. The summed E-state index contributed by atoms with van der Waals surface area (Å²) in [6.07, 6.45) is 2.02. The van der Waals surface area contributed by atoms with Crippen LogP contribution in [0.25, 0.3) is 44.6 Å². The second-order valence-electron chi connectivity index (χ2n) is 10.8. The predicted octanol–water partition coefficient (Wildman–Crippen LogP) is 5.06. The van der Waals surface area contributed by atoms with Gasteiger partial charge in [-0.25, -0.2) is 35.2 Å². The maximum atomic E-state index is 13.2. The van der Waals surface area contributed by atoms with E-state index in [0.29, 0.717) is 25.5 Å². The zero-order valence-corrected chi connectivity index (χ0v) is 32.6. The monoisotopic (exact) mass is 892 g/mol. The second-order valence-corrected chi connectivity index (χ2v) is 16.0. The molecule has 4 aromatic carbocycles. The molecule has 0 aliphatic heterocycles. The van der Waals surface area contributed by atoms with Gasteiger partial charge in [0.25, 0.3) is 0 Å². The fraction of sp³-hybridized carbons (Fsp3) is 0.0909. The van der Waals surface area contributed by atoms with Gasteiger partial charge in [0.05, 0.1) is 31.0 Å². The number of furan rings is 2. The van der Waals surface area contributed by atoms with Crippen LogP contribution in [0.1, 0.15) is 20.7 Å². The van der Waals surface area contributed by atoms with Crippen molar-refractivity contribution in [2.45, 2.75) is 0 Å². The quantitative estimate of drug-likeness (QED) is 0.136. The summed E-state index contributed by atoms with van der Waals surface area (Å²) in [4.78, 5) is 24.0. The second kappa shape index (κ2) is 16.8. The molecule has 0 radical (unpaired) electrons. The third kappa shape index (κ3) is 10.1. The number of methoxy groups -OCH3 is 1. The Bertz CT molecular complexity index is 2560. The van der Waals surface area contributed by atoms with Crippen molar-refractivity contribution < 1.29 is 78.2 Å². The number of hydrogen-bond donors (Lipinski definition) is 3. The van der Waals surface area contributed by atoms with Gasteiger partial charge in [-0.2, -0.15) is 0 Å². The molecule has 0 unspecified atom stereocenters. The van der Waals surface area contributed by atoms with Crippen molar-refractivity contribution in [3.05, 3.63) is 105 Å². The fourth-order valence-electron chi connectivity index (χ4n) is 4.91. The van der Waals surface area contributed by atoms with Gasteiger partial charge >= 0.3 is 30.8 Å². The summed E-state index contributed by atoms with van der Waals surface area (Å²) in [5, 5.41) is 10.3. The van der Waals surface area contributed by atoms with E-state index < -0.39 is 43.6 Å². The van der Waals surface area contributed by atoms with Crippen LogP contribution in [0, 0.1) is 11.6 Å². The molecule has 0 aliphatic carbocycles. The van der Waals surface area contributed by atoms with E-state index in [0.717, 1.165) is 12.5 Å². The van der Waals surface area contributed by atoms with Crippen LogP contribution in [0.15, 0.2) is 90.6 Å². The predicted molar refractivity (Wildman–Crippen MR) is 196 cm³/mol. The Labute approximate surface area is 329 Å². The first kappa shape index (κ1) is 43.2. The molecule has 13 nitrogen and oxygen atoms in total. The van der Waals surface area contributed by atoms with E-state index in [4.69, 9.17) is 13.6 Å². The van der Waals surface area contributed by atoms with Gasteiger partial charge in [0.1, 0.15) is 45.4 Å². The number of esters is 1. The number of rotatable bonds is 8. The number of anilines is 2. The summed E-state index contributed by atoms with van der Waals surface area (Å²) < 4.78 is 93.9. The van der Waals surface area contributed by atoms with E-state index in [1.807, 2.05) is 0 Å². The van der Waals surface area contributed by atoms with Crippen molar-refractivity contribution in [3.8, 4) is 22.6 Å². The van der Waals surface area contributed by atoms with E-state index in [9.17, 15) is 40.3 Å². The molecule has 6 rings (SSSR count). The van der Waals surface area contributed by atoms with Gasteiger partial charge in [-0.05, 0) is 92.5 Å². The zero-order valence-electron chi connectivity index (χ0n) is 27.8. The van der Waals surface area contributed by atoms with Crippen molar-refractivity contribution in [2.75, 3.05) is 29.1 Å². The Hall–Kier alpha value is -4.22. The van der Waals surface area contributed by atoms with Gasteiger partial charge in [0.2, 0.25) is 20.0 Å². The number of fused-ring (bicyclic) bond motifs is 2. The van der Waals surface area contributed by atoms with E-state index >= 15 is 0 Å². The molecule has 20 heteroatoms. The number of aromatic carboxylic acids is 1. The molecule has 0 fully saturated rings. The van der Waals surface area contributed by atoms with Crippen molar-refractivity contribution in [1.29, 1.82) is 0 Å². The summed E-state index contributed by atoms with van der Waals surface area (Å²) in [6.45, 7) is 0. The van der Waals surface area contributed by atoms with Gasteiger partial charge in [0, 0.05) is 43.0 Å². The van der Waals surface area contributed by atoms with Crippen LogP contribution < -0.4 is 28.3 Å². The first-order chi connectivity index (χ1) is 23.8. The number of sulfonamides is 2. The molecule has 0 bridgehead atoms. The number of nitrogens with one attached hydrogen (secondary N) is 2. The maximum Gasteiger partial charge on any atom is 1.00 e. The number of carbonyl (C=O) groups is 2. The largest absolute Gasteiger partial charge is 1.00 e. The number of hydrogen-bond acceptors (Lipinski definition) is 10. The molecule has 2 aromatic heterocycles.